The highest BCUT2D eigenvalue weighted by Gasteiger charge is 2.62. The highest BCUT2D eigenvalue weighted by Crippen LogP contribution is 2.66. The van der Waals surface area contributed by atoms with Gasteiger partial charge in [-0.05, 0) is 86.3 Å². The number of allylic oxidation sites excluding steroid dienone is 4. The van der Waals surface area contributed by atoms with E-state index < -0.39 is 36.2 Å². The summed E-state index contributed by atoms with van der Waals surface area (Å²) in [6.07, 6.45) is 11.0. The van der Waals surface area contributed by atoms with Crippen LogP contribution in [0.15, 0.2) is 59.3 Å². The summed E-state index contributed by atoms with van der Waals surface area (Å²) in [7, 11) is 0. The summed E-state index contributed by atoms with van der Waals surface area (Å²) in [5.41, 5.74) is 1.68. The minimum Gasteiger partial charge on any atom is -0.480 e. The first-order chi connectivity index (χ1) is 18.5. The zero-order chi connectivity index (χ0) is 28.0. The van der Waals surface area contributed by atoms with E-state index in [2.05, 4.69) is 36.5 Å². The number of carbonyl (C=O) groups excluding carboxylic acids is 1. The molecule has 5 rings (SSSR count). The minimum absolute atomic E-state index is 0.0120. The lowest BCUT2D eigenvalue weighted by Crippen LogP contribution is -2.53. The molecule has 5 unspecified atom stereocenters. The van der Waals surface area contributed by atoms with E-state index in [0.717, 1.165) is 38.5 Å². The molecule has 0 aromatic heterocycles. The van der Waals surface area contributed by atoms with Crippen molar-refractivity contribution in [1.29, 1.82) is 0 Å². The topological polar surface area (TPSA) is 128 Å². The number of nitrogens with one attached hydrogen (secondary N) is 1. The number of aliphatic hydroxyl groups excluding tert-OH is 1. The molecule has 0 bridgehead atoms. The maximum absolute atomic E-state index is 12.4. The van der Waals surface area contributed by atoms with Crippen LogP contribution < -0.4 is 5.32 Å². The SMILES string of the molecule is C[C@]12C=CC(=NOCC(=O)NC(C(=O)O)C(O)c3ccccc3)C=C1CCC1C2CC[C@@]2(C)C1CC[C@]2(C)O. The molecule has 8 nitrogen and oxygen atoms in total. The van der Waals surface area contributed by atoms with Crippen LogP contribution in [0.3, 0.4) is 0 Å². The maximum atomic E-state index is 12.4. The molecule has 1 aromatic rings. The number of nitrogens with zero attached hydrogens (tertiary/aromatic N) is 1. The van der Waals surface area contributed by atoms with Crippen LogP contribution in [0.25, 0.3) is 0 Å². The number of aliphatic carboxylic acids is 1. The van der Waals surface area contributed by atoms with Crippen molar-refractivity contribution in [3.63, 3.8) is 0 Å². The maximum Gasteiger partial charge on any atom is 0.329 e. The lowest BCUT2D eigenvalue weighted by molar-refractivity contribution is -0.146. The zero-order valence-corrected chi connectivity index (χ0v) is 23.0. The molecule has 4 N–H and O–H groups in total. The molecule has 0 heterocycles. The summed E-state index contributed by atoms with van der Waals surface area (Å²) in [6, 6.07) is 6.82. The van der Waals surface area contributed by atoms with Crippen molar-refractivity contribution in [2.24, 2.45) is 33.7 Å². The number of oxime groups is 1. The van der Waals surface area contributed by atoms with Crippen LogP contribution in [0.1, 0.15) is 71.0 Å². The van der Waals surface area contributed by atoms with Gasteiger partial charge in [0.1, 0.15) is 11.8 Å². The van der Waals surface area contributed by atoms with Gasteiger partial charge in [-0.2, -0.15) is 0 Å². The van der Waals surface area contributed by atoms with Crippen LogP contribution in [0.2, 0.25) is 0 Å². The van der Waals surface area contributed by atoms with Crippen LogP contribution in [0, 0.1) is 28.6 Å². The number of hydrogen-bond donors (Lipinski definition) is 4. The molecule has 3 saturated carbocycles. The van der Waals surface area contributed by atoms with Gasteiger partial charge in [0, 0.05) is 5.41 Å². The van der Waals surface area contributed by atoms with E-state index in [0.29, 0.717) is 29.0 Å². The van der Waals surface area contributed by atoms with Crippen LogP contribution in [-0.4, -0.2) is 51.2 Å². The molecule has 210 valence electrons. The normalized spacial score (nSPS) is 37.6. The Morgan fingerprint density at radius 1 is 1.10 bits per heavy atom. The average molecular weight is 537 g/mol. The van der Waals surface area contributed by atoms with Gasteiger partial charge in [-0.15, -0.1) is 0 Å². The second kappa shape index (κ2) is 10.2. The summed E-state index contributed by atoms with van der Waals surface area (Å²) in [4.78, 5) is 29.4. The molecular formula is C31H40N2O6. The lowest BCUT2D eigenvalue weighted by atomic mass is 9.47. The van der Waals surface area contributed by atoms with E-state index in [9.17, 15) is 24.9 Å². The fraction of sp³-hybridized carbons (Fsp3) is 0.581. The fourth-order valence-electron chi connectivity index (χ4n) is 8.01. The molecular weight excluding hydrogens is 496 g/mol. The standard InChI is InChI=1S/C31H40N2O6/c1-29-14-11-21(33-39-18-25(34)32-26(28(36)37)27(35)19-7-5-4-6-8-19)17-20(29)9-10-22-23(29)12-15-30(2)24(22)13-16-31(30,3)38/h4-8,11,14,17,22-24,26-27,35,38H,9-10,12-13,15-16,18H2,1-3H3,(H,32,34)(H,36,37)/t22?,23?,24?,26?,27?,29-,30-,31-/m0/s1. The van der Waals surface area contributed by atoms with Crippen LogP contribution in [-0.2, 0) is 14.4 Å². The van der Waals surface area contributed by atoms with Gasteiger partial charge in [-0.3, -0.25) is 4.79 Å². The molecule has 0 saturated heterocycles. The second-order valence-electron chi connectivity index (χ2n) is 12.5. The third-order valence-electron chi connectivity index (χ3n) is 10.5. The Balaban J connectivity index is 1.21. The molecule has 1 amide bonds. The Bertz CT molecular complexity index is 1210. The van der Waals surface area contributed by atoms with E-state index in [1.54, 1.807) is 30.3 Å². The smallest absolute Gasteiger partial charge is 0.329 e. The Morgan fingerprint density at radius 2 is 1.82 bits per heavy atom. The number of rotatable bonds is 7. The summed E-state index contributed by atoms with van der Waals surface area (Å²) >= 11 is 0. The summed E-state index contributed by atoms with van der Waals surface area (Å²) < 4.78 is 0. The Morgan fingerprint density at radius 3 is 2.54 bits per heavy atom. The third kappa shape index (κ3) is 4.82. The van der Waals surface area contributed by atoms with Gasteiger partial charge < -0.3 is 25.5 Å². The van der Waals surface area contributed by atoms with E-state index in [4.69, 9.17) is 4.84 Å². The number of carboxylic acids is 1. The second-order valence-corrected chi connectivity index (χ2v) is 12.5. The van der Waals surface area contributed by atoms with Gasteiger partial charge in [0.25, 0.3) is 5.91 Å². The van der Waals surface area contributed by atoms with Gasteiger partial charge in [0.05, 0.1) is 5.60 Å². The number of carbonyl (C=O) groups is 2. The zero-order valence-electron chi connectivity index (χ0n) is 23.0. The molecule has 0 aliphatic heterocycles. The quantitative estimate of drug-likeness (QED) is 0.388. The number of amides is 1. The average Bonchev–Trinajstić information content (AvgIpc) is 3.16. The molecule has 8 heteroatoms. The predicted molar refractivity (Wildman–Crippen MR) is 147 cm³/mol. The summed E-state index contributed by atoms with van der Waals surface area (Å²) in [5, 5.41) is 37.5. The van der Waals surface area contributed by atoms with E-state index in [1.165, 1.54) is 5.57 Å². The molecule has 4 aliphatic rings. The highest BCUT2D eigenvalue weighted by molar-refractivity contribution is 6.05. The van der Waals surface area contributed by atoms with Crippen molar-refractivity contribution in [3.05, 3.63) is 59.7 Å². The minimum atomic E-state index is -1.51. The van der Waals surface area contributed by atoms with Crippen molar-refractivity contribution >= 4 is 17.6 Å². The van der Waals surface area contributed by atoms with Crippen LogP contribution in [0.4, 0.5) is 0 Å². The van der Waals surface area contributed by atoms with Crippen molar-refractivity contribution < 1.29 is 29.7 Å². The molecule has 1 aromatic carbocycles. The van der Waals surface area contributed by atoms with Gasteiger partial charge >= 0.3 is 5.97 Å². The first kappa shape index (κ1) is 27.6. The van der Waals surface area contributed by atoms with E-state index in [-0.39, 0.29) is 10.8 Å². The Kier molecular flexibility index (Phi) is 7.22. The van der Waals surface area contributed by atoms with E-state index >= 15 is 0 Å². The van der Waals surface area contributed by atoms with Gasteiger partial charge in [0.15, 0.2) is 12.6 Å². The van der Waals surface area contributed by atoms with Gasteiger partial charge in [0.2, 0.25) is 0 Å². The molecule has 39 heavy (non-hydrogen) atoms. The Hall–Kier alpha value is -2.97. The summed E-state index contributed by atoms with van der Waals surface area (Å²) in [5.74, 6) is -0.360. The molecule has 0 spiro atoms. The summed E-state index contributed by atoms with van der Waals surface area (Å²) in [6.45, 7) is 6.18. The fourth-order valence-corrected chi connectivity index (χ4v) is 8.01. The molecule has 4 aliphatic carbocycles. The van der Waals surface area contributed by atoms with Gasteiger partial charge in [-0.1, -0.05) is 61.0 Å². The number of hydrogen-bond acceptors (Lipinski definition) is 6. The van der Waals surface area contributed by atoms with Crippen molar-refractivity contribution in [2.45, 2.75) is 77.0 Å². The highest BCUT2D eigenvalue weighted by atomic mass is 16.6. The van der Waals surface area contributed by atoms with Crippen LogP contribution >= 0.6 is 0 Å². The monoisotopic (exact) mass is 536 g/mol. The van der Waals surface area contributed by atoms with Crippen molar-refractivity contribution in [2.75, 3.05) is 6.61 Å². The number of carboxylic acid groups (broad SMARTS) is 1. The predicted octanol–water partition coefficient (Wildman–Crippen LogP) is 4.15. The molecule has 0 radical (unpaired) electrons. The molecule has 3 fully saturated rings. The first-order valence-electron chi connectivity index (χ1n) is 14.0. The van der Waals surface area contributed by atoms with E-state index in [1.807, 2.05) is 13.0 Å². The number of aliphatic hydroxyl groups is 2. The number of fused-ring (bicyclic) bond motifs is 5. The van der Waals surface area contributed by atoms with Crippen LogP contribution in [0.5, 0.6) is 0 Å². The van der Waals surface area contributed by atoms with Crippen molar-refractivity contribution in [3.8, 4) is 0 Å². The molecule has 8 atom stereocenters. The largest absolute Gasteiger partial charge is 0.480 e. The number of benzene rings is 1. The lowest BCUT2D eigenvalue weighted by Gasteiger charge is -2.58. The Labute approximate surface area is 229 Å². The van der Waals surface area contributed by atoms with Gasteiger partial charge in [-0.25, -0.2) is 4.79 Å². The third-order valence-corrected chi connectivity index (χ3v) is 10.5. The van der Waals surface area contributed by atoms with Crippen molar-refractivity contribution in [1.82, 2.24) is 5.32 Å². The first-order valence-corrected chi connectivity index (χ1v) is 14.0.